The van der Waals surface area contributed by atoms with Crippen LogP contribution in [0.3, 0.4) is 0 Å². The van der Waals surface area contributed by atoms with E-state index in [0.29, 0.717) is 18.4 Å². The number of aliphatic hydroxyl groups is 1. The standard InChI is InChI=1S/C26H24N2O7/c27-25(34)21-18(30)11-14-9-13-10-16-12(4-6-15-3-1-2-8-28-15)5-7-17(29)20(16)22(31)19(13)23(32)26(14,35)24(21)33/h1-3,5,7-8,13-14,19,21,29,35H,4,6,9-11H2,(H2,27,34)/t13-,14+,19?,21?,26+/m1/s1. The van der Waals surface area contributed by atoms with Gasteiger partial charge in [-0.1, -0.05) is 12.1 Å². The van der Waals surface area contributed by atoms with Gasteiger partial charge in [-0.15, -0.1) is 0 Å². The Kier molecular flexibility index (Phi) is 5.40. The van der Waals surface area contributed by atoms with E-state index < -0.39 is 58.3 Å². The maximum atomic E-state index is 13.5. The van der Waals surface area contributed by atoms with Gasteiger partial charge in [0.2, 0.25) is 5.91 Å². The molecule has 3 aliphatic rings. The maximum absolute atomic E-state index is 13.5. The summed E-state index contributed by atoms with van der Waals surface area (Å²) < 4.78 is 0. The number of carbonyl (C=O) groups is 5. The Bertz CT molecular complexity index is 1290. The van der Waals surface area contributed by atoms with Crippen molar-refractivity contribution in [3.8, 4) is 5.75 Å². The molecule has 180 valence electrons. The van der Waals surface area contributed by atoms with Gasteiger partial charge in [0, 0.05) is 24.2 Å². The fourth-order valence-electron chi connectivity index (χ4n) is 6.07. The molecule has 1 aromatic carbocycles. The Morgan fingerprint density at radius 1 is 1.06 bits per heavy atom. The van der Waals surface area contributed by atoms with Gasteiger partial charge in [-0.05, 0) is 60.9 Å². The number of aryl methyl sites for hydroxylation is 2. The van der Waals surface area contributed by atoms with E-state index in [4.69, 9.17) is 5.73 Å². The first-order valence-corrected chi connectivity index (χ1v) is 11.6. The Balaban J connectivity index is 1.51. The predicted molar refractivity (Wildman–Crippen MR) is 120 cm³/mol. The largest absolute Gasteiger partial charge is 0.507 e. The number of rotatable bonds is 4. The molecule has 5 atom stereocenters. The van der Waals surface area contributed by atoms with Crippen LogP contribution in [0.4, 0.5) is 0 Å². The van der Waals surface area contributed by atoms with Gasteiger partial charge in [-0.3, -0.25) is 29.0 Å². The van der Waals surface area contributed by atoms with Crippen LogP contribution < -0.4 is 5.73 Å². The number of nitrogens with two attached hydrogens (primary N) is 1. The molecule has 1 amide bonds. The second-order valence-electron chi connectivity index (χ2n) is 9.66. The first-order chi connectivity index (χ1) is 16.6. The summed E-state index contributed by atoms with van der Waals surface area (Å²) in [5.74, 6) is -9.99. The van der Waals surface area contributed by atoms with Gasteiger partial charge in [0.15, 0.2) is 34.7 Å². The zero-order valence-corrected chi connectivity index (χ0v) is 18.8. The average molecular weight is 476 g/mol. The molecule has 1 aromatic heterocycles. The van der Waals surface area contributed by atoms with Crippen molar-refractivity contribution >= 4 is 29.0 Å². The highest BCUT2D eigenvalue weighted by Crippen LogP contribution is 2.50. The number of hydrogen-bond donors (Lipinski definition) is 3. The number of Topliss-reactive ketones (excluding diaryl/α,β-unsaturated/α-hetero) is 4. The zero-order valence-electron chi connectivity index (χ0n) is 18.8. The molecule has 35 heavy (non-hydrogen) atoms. The summed E-state index contributed by atoms with van der Waals surface area (Å²) in [7, 11) is 0. The Labute approximate surface area is 200 Å². The van der Waals surface area contributed by atoms with Crippen LogP contribution in [0.2, 0.25) is 0 Å². The molecule has 0 saturated heterocycles. The number of nitrogens with zero attached hydrogens (tertiary/aromatic N) is 1. The second-order valence-corrected chi connectivity index (χ2v) is 9.66. The van der Waals surface area contributed by atoms with Gasteiger partial charge in [0.05, 0.1) is 11.5 Å². The summed E-state index contributed by atoms with van der Waals surface area (Å²) in [6.45, 7) is 0. The Morgan fingerprint density at radius 2 is 1.83 bits per heavy atom. The highest BCUT2D eigenvalue weighted by Gasteiger charge is 2.66. The number of pyridine rings is 1. The van der Waals surface area contributed by atoms with Crippen LogP contribution in [0, 0.1) is 23.7 Å². The highest BCUT2D eigenvalue weighted by atomic mass is 16.3. The number of phenolic OH excluding ortho intramolecular Hbond substituents is 1. The molecule has 9 heteroatoms. The summed E-state index contributed by atoms with van der Waals surface area (Å²) in [4.78, 5) is 68.4. The molecular formula is C26H24N2O7. The van der Waals surface area contributed by atoms with Crippen molar-refractivity contribution in [3.63, 3.8) is 0 Å². The van der Waals surface area contributed by atoms with Crippen molar-refractivity contribution in [2.75, 3.05) is 0 Å². The number of carbonyl (C=O) groups excluding carboxylic acids is 5. The van der Waals surface area contributed by atoms with Crippen LogP contribution in [0.15, 0.2) is 36.5 Å². The fourth-order valence-corrected chi connectivity index (χ4v) is 6.07. The minimum absolute atomic E-state index is 0.0194. The molecule has 2 aromatic rings. The molecule has 0 aliphatic heterocycles. The summed E-state index contributed by atoms with van der Waals surface area (Å²) in [6, 6.07) is 8.75. The molecular weight excluding hydrogens is 452 g/mol. The number of aromatic nitrogens is 1. The van der Waals surface area contributed by atoms with Crippen LogP contribution in [0.1, 0.15) is 40.0 Å². The average Bonchev–Trinajstić information content (AvgIpc) is 2.81. The smallest absolute Gasteiger partial charge is 0.235 e. The van der Waals surface area contributed by atoms with Gasteiger partial charge in [-0.25, -0.2) is 0 Å². The first-order valence-electron chi connectivity index (χ1n) is 11.6. The van der Waals surface area contributed by atoms with Crippen LogP contribution in [-0.4, -0.2) is 49.8 Å². The molecule has 2 unspecified atom stereocenters. The third-order valence-corrected chi connectivity index (χ3v) is 7.76. The molecule has 2 saturated carbocycles. The SMILES string of the molecule is NC(=O)C1C(=O)C[C@@H]2C[C@@H]3Cc4c(CCc5ccccn5)ccc(O)c4C(=O)C3C(=O)[C@]2(O)C1=O. The number of aromatic hydroxyl groups is 1. The lowest BCUT2D eigenvalue weighted by Crippen LogP contribution is -2.68. The number of hydrogen-bond acceptors (Lipinski definition) is 8. The molecule has 4 N–H and O–H groups in total. The molecule has 0 bridgehead atoms. The number of phenols is 1. The lowest BCUT2D eigenvalue weighted by atomic mass is 9.53. The molecule has 3 aliphatic carbocycles. The third kappa shape index (κ3) is 3.41. The Morgan fingerprint density at radius 3 is 2.51 bits per heavy atom. The van der Waals surface area contributed by atoms with E-state index in [1.54, 1.807) is 12.3 Å². The van der Waals surface area contributed by atoms with Crippen LogP contribution >= 0.6 is 0 Å². The van der Waals surface area contributed by atoms with Gasteiger partial charge in [-0.2, -0.15) is 0 Å². The number of benzene rings is 1. The fraction of sp³-hybridized carbons (Fsp3) is 0.385. The molecule has 0 spiro atoms. The lowest BCUT2D eigenvalue weighted by Gasteiger charge is -2.48. The maximum Gasteiger partial charge on any atom is 0.235 e. The minimum Gasteiger partial charge on any atom is -0.507 e. The summed E-state index contributed by atoms with van der Waals surface area (Å²) in [5.41, 5.74) is 4.93. The van der Waals surface area contributed by atoms with Crippen molar-refractivity contribution in [1.29, 1.82) is 0 Å². The van der Waals surface area contributed by atoms with Gasteiger partial charge in [0.25, 0.3) is 0 Å². The quantitative estimate of drug-likeness (QED) is 0.537. The van der Waals surface area contributed by atoms with Crippen LogP contribution in [0.5, 0.6) is 5.75 Å². The lowest BCUT2D eigenvalue weighted by molar-refractivity contribution is -0.175. The van der Waals surface area contributed by atoms with Crippen molar-refractivity contribution in [2.24, 2.45) is 29.4 Å². The number of fused-ring (bicyclic) bond motifs is 3. The third-order valence-electron chi connectivity index (χ3n) is 7.76. The Hall–Kier alpha value is -3.72. The minimum atomic E-state index is -2.63. The van der Waals surface area contributed by atoms with E-state index in [1.165, 1.54) is 6.07 Å². The molecule has 5 rings (SSSR count). The van der Waals surface area contributed by atoms with E-state index in [0.717, 1.165) is 11.3 Å². The van der Waals surface area contributed by atoms with Gasteiger partial charge < -0.3 is 15.9 Å². The number of primary amides is 1. The summed E-state index contributed by atoms with van der Waals surface area (Å²) in [5, 5.41) is 21.8. The van der Waals surface area contributed by atoms with Crippen LogP contribution in [-0.2, 0) is 38.4 Å². The molecule has 9 nitrogen and oxygen atoms in total. The van der Waals surface area contributed by atoms with E-state index >= 15 is 0 Å². The van der Waals surface area contributed by atoms with E-state index in [-0.39, 0.29) is 30.6 Å². The van der Waals surface area contributed by atoms with Crippen LogP contribution in [0.25, 0.3) is 0 Å². The monoisotopic (exact) mass is 476 g/mol. The highest BCUT2D eigenvalue weighted by molar-refractivity contribution is 6.31. The van der Waals surface area contributed by atoms with E-state index in [9.17, 15) is 34.2 Å². The van der Waals surface area contributed by atoms with Gasteiger partial charge in [0.1, 0.15) is 5.75 Å². The van der Waals surface area contributed by atoms with Crippen molar-refractivity contribution in [2.45, 2.75) is 37.7 Å². The topological polar surface area (TPSA) is 165 Å². The van der Waals surface area contributed by atoms with E-state index in [2.05, 4.69) is 4.98 Å². The van der Waals surface area contributed by atoms with Crippen molar-refractivity contribution in [1.82, 2.24) is 4.98 Å². The first kappa shape index (κ1) is 23.0. The normalized spacial score (nSPS) is 29.9. The molecule has 0 radical (unpaired) electrons. The van der Waals surface area contributed by atoms with Crippen molar-refractivity contribution < 1.29 is 34.2 Å². The summed E-state index contributed by atoms with van der Waals surface area (Å²) >= 11 is 0. The second kappa shape index (κ2) is 8.20. The van der Waals surface area contributed by atoms with Gasteiger partial charge >= 0.3 is 0 Å². The number of amides is 1. The summed E-state index contributed by atoms with van der Waals surface area (Å²) in [6.07, 6.45) is 2.87. The number of ketones is 4. The van der Waals surface area contributed by atoms with Crippen molar-refractivity contribution in [3.05, 3.63) is 58.9 Å². The molecule has 1 heterocycles. The van der Waals surface area contributed by atoms with E-state index in [1.807, 2.05) is 18.2 Å². The predicted octanol–water partition coefficient (Wildman–Crippen LogP) is 0.507. The zero-order chi connectivity index (χ0) is 25.1. The molecule has 2 fully saturated rings.